The molecule has 0 bridgehead atoms. The van der Waals surface area contributed by atoms with Crippen LogP contribution in [0, 0.1) is 13.8 Å². The van der Waals surface area contributed by atoms with Gasteiger partial charge in [0.1, 0.15) is 5.75 Å². The number of hydrogen-bond donors (Lipinski definition) is 0. The van der Waals surface area contributed by atoms with Crippen LogP contribution in [-0.2, 0) is 16.0 Å². The van der Waals surface area contributed by atoms with Gasteiger partial charge in [-0.25, -0.2) is 4.98 Å². The molecule has 0 radical (unpaired) electrons. The van der Waals surface area contributed by atoms with Crippen molar-refractivity contribution in [3.63, 3.8) is 0 Å². The van der Waals surface area contributed by atoms with E-state index in [0.717, 1.165) is 51.7 Å². The summed E-state index contributed by atoms with van der Waals surface area (Å²) in [6, 6.07) is 11.9. The zero-order valence-corrected chi connectivity index (χ0v) is 17.9. The van der Waals surface area contributed by atoms with E-state index >= 15 is 0 Å². The Hall–Kier alpha value is -2.44. The minimum atomic E-state index is 0.0417. The Kier molecular flexibility index (Phi) is 5.83. The first-order valence-corrected chi connectivity index (χ1v) is 10.8. The first-order valence-electron chi connectivity index (χ1n) is 9.97. The molecule has 0 N–H and O–H groups in total. The Balaban J connectivity index is 1.64. The third-order valence-electron chi connectivity index (χ3n) is 5.39. The van der Waals surface area contributed by atoms with Gasteiger partial charge in [0.15, 0.2) is 5.13 Å². The van der Waals surface area contributed by atoms with E-state index in [9.17, 15) is 4.79 Å². The van der Waals surface area contributed by atoms with Crippen molar-refractivity contribution in [2.45, 2.75) is 39.2 Å². The van der Waals surface area contributed by atoms with Gasteiger partial charge in [0, 0.05) is 6.61 Å². The first-order chi connectivity index (χ1) is 14.0. The fourth-order valence-corrected chi connectivity index (χ4v) is 4.79. The van der Waals surface area contributed by atoms with Gasteiger partial charge in [-0.2, -0.15) is 0 Å². The van der Waals surface area contributed by atoms with Gasteiger partial charge in [0.05, 0.1) is 36.4 Å². The molecule has 29 heavy (non-hydrogen) atoms. The van der Waals surface area contributed by atoms with Crippen molar-refractivity contribution in [3.8, 4) is 5.75 Å². The van der Waals surface area contributed by atoms with Crippen LogP contribution in [0.3, 0.4) is 0 Å². The lowest BCUT2D eigenvalue weighted by atomic mass is 10.1. The molecule has 2 heterocycles. The van der Waals surface area contributed by atoms with Gasteiger partial charge in [-0.3, -0.25) is 9.69 Å². The molecule has 1 saturated heterocycles. The number of rotatable bonds is 6. The molecule has 1 aliphatic rings. The molecule has 1 fully saturated rings. The highest BCUT2D eigenvalue weighted by molar-refractivity contribution is 7.22. The Morgan fingerprint density at radius 2 is 1.97 bits per heavy atom. The number of nitrogens with zero attached hydrogens (tertiary/aromatic N) is 2. The zero-order chi connectivity index (χ0) is 20.4. The third-order valence-corrected chi connectivity index (χ3v) is 6.60. The average molecular weight is 411 g/mol. The fraction of sp³-hybridized carbons (Fsp3) is 0.391. The highest BCUT2D eigenvalue weighted by Crippen LogP contribution is 2.34. The molecule has 0 aliphatic carbocycles. The average Bonchev–Trinajstić information content (AvgIpc) is 3.40. The van der Waals surface area contributed by atoms with E-state index in [4.69, 9.17) is 14.5 Å². The van der Waals surface area contributed by atoms with Crippen LogP contribution in [0.15, 0.2) is 36.4 Å². The summed E-state index contributed by atoms with van der Waals surface area (Å²) in [6.07, 6.45) is 2.42. The Morgan fingerprint density at radius 1 is 1.21 bits per heavy atom. The normalized spacial score (nSPS) is 16.3. The van der Waals surface area contributed by atoms with Crippen LogP contribution in [0.5, 0.6) is 5.75 Å². The molecule has 2 aromatic carbocycles. The fourth-order valence-electron chi connectivity index (χ4n) is 3.66. The van der Waals surface area contributed by atoms with E-state index in [2.05, 4.69) is 26.0 Å². The van der Waals surface area contributed by atoms with Crippen LogP contribution in [0.1, 0.15) is 29.5 Å². The summed E-state index contributed by atoms with van der Waals surface area (Å²) >= 11 is 1.59. The second-order valence-corrected chi connectivity index (χ2v) is 8.52. The number of carbonyl (C=O) groups is 1. The lowest BCUT2D eigenvalue weighted by Gasteiger charge is -2.23. The molecular formula is C23H26N2O3S. The number of aryl methyl sites for hydroxylation is 2. The Bertz CT molecular complexity index is 968. The molecule has 0 spiro atoms. The van der Waals surface area contributed by atoms with E-state index in [1.807, 2.05) is 29.2 Å². The van der Waals surface area contributed by atoms with Crippen LogP contribution in [0.25, 0.3) is 10.2 Å². The number of ether oxygens (including phenoxy) is 2. The van der Waals surface area contributed by atoms with Gasteiger partial charge in [0.25, 0.3) is 0 Å². The summed E-state index contributed by atoms with van der Waals surface area (Å²) in [5.74, 6) is 0.828. The summed E-state index contributed by atoms with van der Waals surface area (Å²) in [6.45, 7) is 5.47. The summed E-state index contributed by atoms with van der Waals surface area (Å²) in [5.41, 5.74) is 4.27. The number of carbonyl (C=O) groups excluding carboxylic acids is 1. The van der Waals surface area contributed by atoms with Crippen molar-refractivity contribution < 1.29 is 14.3 Å². The van der Waals surface area contributed by atoms with E-state index in [1.54, 1.807) is 18.4 Å². The standard InChI is InChI=1S/C23H26N2O3S/c1-15-6-7-16(2)22-21(15)24-23(29-22)25(14-19-5-4-12-28-19)20(26)13-17-8-10-18(27-3)11-9-17/h6-11,19H,4-5,12-14H2,1-3H3. The van der Waals surface area contributed by atoms with Crippen molar-refractivity contribution >= 4 is 32.6 Å². The molecule has 1 unspecified atom stereocenters. The molecule has 1 atom stereocenters. The summed E-state index contributed by atoms with van der Waals surface area (Å²) in [4.78, 5) is 20.0. The topological polar surface area (TPSA) is 51.7 Å². The third kappa shape index (κ3) is 4.28. The molecule has 4 rings (SSSR count). The number of amides is 1. The van der Waals surface area contributed by atoms with Crippen LogP contribution >= 0.6 is 11.3 Å². The number of benzene rings is 2. The van der Waals surface area contributed by atoms with Crippen LogP contribution in [-0.4, -0.2) is 37.3 Å². The van der Waals surface area contributed by atoms with Gasteiger partial charge in [-0.1, -0.05) is 35.6 Å². The minimum absolute atomic E-state index is 0.0417. The van der Waals surface area contributed by atoms with Gasteiger partial charge in [0.2, 0.25) is 5.91 Å². The number of methoxy groups -OCH3 is 1. The van der Waals surface area contributed by atoms with Gasteiger partial charge >= 0.3 is 0 Å². The number of anilines is 1. The lowest BCUT2D eigenvalue weighted by Crippen LogP contribution is -2.38. The first kappa shape index (κ1) is 19.9. The molecule has 152 valence electrons. The summed E-state index contributed by atoms with van der Waals surface area (Å²) in [7, 11) is 1.64. The predicted octanol–water partition coefficient (Wildman–Crippen LogP) is 4.68. The quantitative estimate of drug-likeness (QED) is 0.592. The largest absolute Gasteiger partial charge is 0.497 e. The van der Waals surface area contributed by atoms with Gasteiger partial charge in [-0.15, -0.1) is 0 Å². The van der Waals surface area contributed by atoms with E-state index < -0.39 is 0 Å². The van der Waals surface area contributed by atoms with E-state index in [1.165, 1.54) is 5.56 Å². The second kappa shape index (κ2) is 8.51. The maximum atomic E-state index is 13.3. The monoisotopic (exact) mass is 410 g/mol. The Morgan fingerprint density at radius 3 is 2.62 bits per heavy atom. The maximum absolute atomic E-state index is 13.3. The molecule has 1 amide bonds. The number of thiazole rings is 1. The van der Waals surface area contributed by atoms with Crippen molar-refractivity contribution in [1.82, 2.24) is 4.98 Å². The molecule has 6 heteroatoms. The molecule has 5 nitrogen and oxygen atoms in total. The number of fused-ring (bicyclic) bond motifs is 1. The molecule has 1 aliphatic heterocycles. The van der Waals surface area contributed by atoms with Crippen LogP contribution in [0.2, 0.25) is 0 Å². The number of hydrogen-bond acceptors (Lipinski definition) is 5. The lowest BCUT2D eigenvalue weighted by molar-refractivity contribution is -0.118. The minimum Gasteiger partial charge on any atom is -0.497 e. The highest BCUT2D eigenvalue weighted by atomic mass is 32.1. The summed E-state index contributed by atoms with van der Waals surface area (Å²) in [5, 5.41) is 0.756. The summed E-state index contributed by atoms with van der Waals surface area (Å²) < 4.78 is 12.2. The van der Waals surface area contributed by atoms with E-state index in [-0.39, 0.29) is 12.0 Å². The van der Waals surface area contributed by atoms with Crippen LogP contribution in [0.4, 0.5) is 5.13 Å². The predicted molar refractivity (Wildman–Crippen MR) is 117 cm³/mol. The number of aromatic nitrogens is 1. The van der Waals surface area contributed by atoms with E-state index in [0.29, 0.717) is 13.0 Å². The van der Waals surface area contributed by atoms with Crippen molar-refractivity contribution in [3.05, 3.63) is 53.1 Å². The second-order valence-electron chi connectivity index (χ2n) is 7.54. The zero-order valence-electron chi connectivity index (χ0n) is 17.1. The highest BCUT2D eigenvalue weighted by Gasteiger charge is 2.26. The van der Waals surface area contributed by atoms with Crippen molar-refractivity contribution in [2.75, 3.05) is 25.2 Å². The Labute approximate surface area is 175 Å². The van der Waals surface area contributed by atoms with Gasteiger partial charge in [-0.05, 0) is 55.5 Å². The van der Waals surface area contributed by atoms with Gasteiger partial charge < -0.3 is 9.47 Å². The SMILES string of the molecule is COc1ccc(CC(=O)N(CC2CCCO2)c2nc3c(C)ccc(C)c3s2)cc1. The molecule has 0 saturated carbocycles. The smallest absolute Gasteiger partial charge is 0.233 e. The maximum Gasteiger partial charge on any atom is 0.233 e. The molecule has 3 aromatic rings. The van der Waals surface area contributed by atoms with Crippen molar-refractivity contribution in [2.24, 2.45) is 0 Å². The van der Waals surface area contributed by atoms with Crippen molar-refractivity contribution in [1.29, 1.82) is 0 Å². The van der Waals surface area contributed by atoms with Crippen LogP contribution < -0.4 is 9.64 Å². The molecular weight excluding hydrogens is 384 g/mol. The molecule has 1 aromatic heterocycles.